The molecule has 0 N–H and O–H groups in total. The highest BCUT2D eigenvalue weighted by Crippen LogP contribution is 2.45. The minimum Gasteiger partial charge on any atom is -0.247 e. The molecule has 144 valence electrons. The van der Waals surface area contributed by atoms with Crippen LogP contribution in [0.15, 0.2) is 0 Å². The first-order valence-corrected chi connectivity index (χ1v) is 10.3. The molecule has 0 bridgehead atoms. The Morgan fingerprint density at radius 3 is 2.00 bits per heavy atom. The highest BCUT2D eigenvalue weighted by Gasteiger charge is 2.41. The van der Waals surface area contributed by atoms with Crippen LogP contribution in [-0.4, -0.2) is 18.5 Å². The molecule has 2 rings (SSSR count). The Hall–Kier alpha value is -0.210. The summed E-state index contributed by atoms with van der Waals surface area (Å²) < 4.78 is 42.0. The molecule has 0 aromatic carbocycles. The van der Waals surface area contributed by atoms with Crippen LogP contribution in [0, 0.1) is 29.6 Å². The molecule has 7 atom stereocenters. The number of alkyl halides is 3. The maximum Gasteiger partial charge on any atom is 0.106 e. The van der Waals surface area contributed by atoms with Crippen molar-refractivity contribution < 1.29 is 13.2 Å². The van der Waals surface area contributed by atoms with Gasteiger partial charge >= 0.3 is 0 Å². The van der Waals surface area contributed by atoms with E-state index in [-0.39, 0.29) is 24.2 Å². The Morgan fingerprint density at radius 2 is 1.46 bits per heavy atom. The minimum absolute atomic E-state index is 0.0341. The van der Waals surface area contributed by atoms with Crippen LogP contribution in [0.3, 0.4) is 0 Å². The van der Waals surface area contributed by atoms with Crippen LogP contribution in [0.25, 0.3) is 0 Å². The lowest BCUT2D eigenvalue weighted by Crippen LogP contribution is -2.39. The van der Waals surface area contributed by atoms with E-state index >= 15 is 0 Å². The van der Waals surface area contributed by atoms with Gasteiger partial charge in [-0.25, -0.2) is 13.2 Å². The first-order valence-electron chi connectivity index (χ1n) is 10.3. The number of rotatable bonds is 5. The lowest BCUT2D eigenvalue weighted by Gasteiger charge is -2.41. The molecule has 2 saturated carbocycles. The number of halogens is 3. The van der Waals surface area contributed by atoms with Crippen LogP contribution in [-0.2, 0) is 0 Å². The summed E-state index contributed by atoms with van der Waals surface area (Å²) in [5, 5.41) is 0. The van der Waals surface area contributed by atoms with Gasteiger partial charge < -0.3 is 0 Å². The molecule has 0 saturated heterocycles. The monoisotopic (exact) mass is 348 g/mol. The topological polar surface area (TPSA) is 0 Å². The number of hydrogen-bond acceptors (Lipinski definition) is 0. The lowest BCUT2D eigenvalue weighted by molar-refractivity contribution is 0.0105. The van der Waals surface area contributed by atoms with E-state index in [1.807, 2.05) is 13.8 Å². The second-order valence-corrected chi connectivity index (χ2v) is 8.29. The fourth-order valence-electron chi connectivity index (χ4n) is 4.63. The van der Waals surface area contributed by atoms with Crippen LogP contribution in [0.4, 0.5) is 13.2 Å². The van der Waals surface area contributed by atoms with Crippen LogP contribution < -0.4 is 0 Å². The van der Waals surface area contributed by atoms with E-state index in [0.717, 1.165) is 25.7 Å². The molecule has 0 aromatic heterocycles. The summed E-state index contributed by atoms with van der Waals surface area (Å²) in [6, 6.07) is 0. The highest BCUT2D eigenvalue weighted by atomic mass is 19.1. The average molecular weight is 349 g/mol. The van der Waals surface area contributed by atoms with Crippen molar-refractivity contribution in [3.63, 3.8) is 0 Å². The highest BCUT2D eigenvalue weighted by molar-refractivity contribution is 4.91. The van der Waals surface area contributed by atoms with E-state index in [9.17, 15) is 13.2 Å². The summed E-state index contributed by atoms with van der Waals surface area (Å²) in [5.74, 6) is 1.26. The van der Waals surface area contributed by atoms with Gasteiger partial charge in [-0.1, -0.05) is 47.5 Å². The smallest absolute Gasteiger partial charge is 0.106 e. The van der Waals surface area contributed by atoms with Crippen LogP contribution in [0.5, 0.6) is 0 Å². The van der Waals surface area contributed by atoms with Crippen molar-refractivity contribution in [2.24, 2.45) is 29.6 Å². The molecule has 2 aliphatic carbocycles. The molecule has 0 aromatic rings. The van der Waals surface area contributed by atoms with Crippen LogP contribution in [0.1, 0.15) is 86.0 Å². The van der Waals surface area contributed by atoms with Gasteiger partial charge in [0, 0.05) is 6.42 Å². The second kappa shape index (κ2) is 10.7. The molecular weight excluding hydrogens is 309 g/mol. The van der Waals surface area contributed by atoms with Gasteiger partial charge in [0.05, 0.1) is 0 Å². The molecule has 0 spiro atoms. The van der Waals surface area contributed by atoms with Crippen molar-refractivity contribution >= 4 is 0 Å². The van der Waals surface area contributed by atoms with Gasteiger partial charge in [0.2, 0.25) is 0 Å². The van der Waals surface area contributed by atoms with Gasteiger partial charge in [-0.3, -0.25) is 0 Å². The summed E-state index contributed by atoms with van der Waals surface area (Å²) in [6.07, 6.45) is 2.82. The Kier molecular flexibility index (Phi) is 9.74. The Balaban J connectivity index is 0.00000139. The van der Waals surface area contributed by atoms with Crippen molar-refractivity contribution in [3.05, 3.63) is 0 Å². The second-order valence-electron chi connectivity index (χ2n) is 8.29. The van der Waals surface area contributed by atoms with Gasteiger partial charge in [-0.2, -0.15) is 0 Å². The summed E-state index contributed by atoms with van der Waals surface area (Å²) in [6.45, 7) is 10.6. The first kappa shape index (κ1) is 21.8. The average Bonchev–Trinajstić information content (AvgIpc) is 2.54. The van der Waals surface area contributed by atoms with Gasteiger partial charge in [-0.15, -0.1) is 0 Å². The van der Waals surface area contributed by atoms with Gasteiger partial charge in [0.15, 0.2) is 0 Å². The Morgan fingerprint density at radius 1 is 0.792 bits per heavy atom. The summed E-state index contributed by atoms with van der Waals surface area (Å²) in [5.41, 5.74) is 0. The quantitative estimate of drug-likeness (QED) is 0.488. The molecule has 2 aliphatic rings. The normalized spacial score (nSPS) is 38.4. The van der Waals surface area contributed by atoms with Crippen molar-refractivity contribution in [1.82, 2.24) is 0 Å². The molecular formula is C21H39F3. The molecule has 24 heavy (non-hydrogen) atoms. The molecule has 7 unspecified atom stereocenters. The van der Waals surface area contributed by atoms with E-state index in [4.69, 9.17) is 0 Å². The number of hydrogen-bond donors (Lipinski definition) is 0. The van der Waals surface area contributed by atoms with Gasteiger partial charge in [0.1, 0.15) is 18.5 Å². The predicted octanol–water partition coefficient (Wildman–Crippen LogP) is 7.32. The molecule has 0 aliphatic heterocycles. The third-order valence-corrected chi connectivity index (χ3v) is 6.16. The van der Waals surface area contributed by atoms with E-state index in [0.29, 0.717) is 31.1 Å². The zero-order chi connectivity index (χ0) is 18.3. The fourth-order valence-corrected chi connectivity index (χ4v) is 4.63. The van der Waals surface area contributed by atoms with E-state index in [2.05, 4.69) is 20.8 Å². The van der Waals surface area contributed by atoms with E-state index in [1.165, 1.54) is 0 Å². The molecule has 2 fully saturated rings. The summed E-state index contributed by atoms with van der Waals surface area (Å²) >= 11 is 0. The standard InChI is InChI=1S/C19H33F3.C2H6/c1-12(2)4-5-13(3)16-8-6-14(10-18(16)21)17-9-7-15(20)11-19(17)22;1-2/h12-19H,4-11H2,1-3H3;1-2H3. The van der Waals surface area contributed by atoms with E-state index < -0.39 is 18.5 Å². The summed E-state index contributed by atoms with van der Waals surface area (Å²) in [7, 11) is 0. The summed E-state index contributed by atoms with van der Waals surface area (Å²) in [4.78, 5) is 0. The van der Waals surface area contributed by atoms with Gasteiger partial charge in [-0.05, 0) is 61.7 Å². The van der Waals surface area contributed by atoms with Crippen molar-refractivity contribution in [3.8, 4) is 0 Å². The SMILES string of the molecule is CC.CC(C)CCC(C)C1CCC(C2CCC(F)CC2F)CC1F. The zero-order valence-corrected chi connectivity index (χ0v) is 16.4. The van der Waals surface area contributed by atoms with Crippen molar-refractivity contribution in [2.75, 3.05) is 0 Å². The predicted molar refractivity (Wildman–Crippen MR) is 97.4 cm³/mol. The van der Waals surface area contributed by atoms with Crippen molar-refractivity contribution in [2.45, 2.75) is 105 Å². The first-order chi connectivity index (χ1) is 11.4. The molecule has 0 heterocycles. The molecule has 0 radical (unpaired) electrons. The Bertz CT molecular complexity index is 331. The maximum atomic E-state index is 14.6. The van der Waals surface area contributed by atoms with E-state index in [1.54, 1.807) is 0 Å². The van der Waals surface area contributed by atoms with Gasteiger partial charge in [0.25, 0.3) is 0 Å². The maximum absolute atomic E-state index is 14.6. The molecule has 3 heteroatoms. The fraction of sp³-hybridized carbons (Fsp3) is 1.00. The third kappa shape index (κ3) is 6.26. The molecule has 0 amide bonds. The van der Waals surface area contributed by atoms with Crippen molar-refractivity contribution in [1.29, 1.82) is 0 Å². The molecule has 0 nitrogen and oxygen atoms in total. The zero-order valence-electron chi connectivity index (χ0n) is 16.4. The minimum atomic E-state index is -1.06. The largest absolute Gasteiger partial charge is 0.247 e. The Labute approximate surface area is 148 Å². The van der Waals surface area contributed by atoms with Crippen LogP contribution >= 0.6 is 0 Å². The third-order valence-electron chi connectivity index (χ3n) is 6.16. The lowest BCUT2D eigenvalue weighted by atomic mass is 9.67. The van der Waals surface area contributed by atoms with Crippen LogP contribution in [0.2, 0.25) is 0 Å².